The Labute approximate surface area is 225 Å². The van der Waals surface area contributed by atoms with Crippen LogP contribution in [0, 0.1) is 17.3 Å². The predicted octanol–water partition coefficient (Wildman–Crippen LogP) is 4.99. The molecule has 2 saturated heterocycles. The van der Waals surface area contributed by atoms with Gasteiger partial charge < -0.3 is 15.1 Å². The largest absolute Gasteiger partial charge is 0.344 e. The van der Waals surface area contributed by atoms with E-state index in [9.17, 15) is 14.4 Å². The first-order chi connectivity index (χ1) is 17.6. The van der Waals surface area contributed by atoms with Gasteiger partial charge in [-0.25, -0.2) is 0 Å². The van der Waals surface area contributed by atoms with Crippen molar-refractivity contribution in [2.45, 2.75) is 52.5 Å². The topological polar surface area (TPSA) is 69.7 Å². The molecule has 2 heterocycles. The molecule has 2 fully saturated rings. The Bertz CT molecular complexity index is 1120. The normalized spacial score (nSPS) is 22.1. The Hall–Kier alpha value is -2.86. The summed E-state index contributed by atoms with van der Waals surface area (Å²) in [7, 11) is 0. The molecule has 7 heteroatoms. The summed E-state index contributed by atoms with van der Waals surface area (Å²) >= 11 is 6.08. The number of amides is 3. The van der Waals surface area contributed by atoms with Crippen LogP contribution < -0.4 is 5.32 Å². The Balaban J connectivity index is 1.38. The van der Waals surface area contributed by atoms with Crippen molar-refractivity contribution in [3.8, 4) is 0 Å². The number of piperidine rings is 1. The molecular formula is C30H38ClN3O3. The molecule has 0 saturated carbocycles. The third-order valence-corrected chi connectivity index (χ3v) is 8.16. The van der Waals surface area contributed by atoms with E-state index in [0.717, 1.165) is 11.4 Å². The number of nitrogens with zero attached hydrogens (tertiary/aromatic N) is 2. The fourth-order valence-electron chi connectivity index (χ4n) is 5.76. The van der Waals surface area contributed by atoms with Gasteiger partial charge in [0.15, 0.2) is 0 Å². The molecule has 2 aliphatic heterocycles. The van der Waals surface area contributed by atoms with E-state index in [1.54, 1.807) is 17.0 Å². The zero-order valence-electron chi connectivity index (χ0n) is 22.2. The van der Waals surface area contributed by atoms with Crippen LogP contribution in [0.4, 0.5) is 0 Å². The summed E-state index contributed by atoms with van der Waals surface area (Å²) in [5.41, 5.74) is 1.76. The third-order valence-electron chi connectivity index (χ3n) is 7.91. The van der Waals surface area contributed by atoms with Gasteiger partial charge in [0.1, 0.15) is 6.04 Å². The van der Waals surface area contributed by atoms with Crippen LogP contribution in [0.2, 0.25) is 5.02 Å². The molecule has 37 heavy (non-hydrogen) atoms. The Kier molecular flexibility index (Phi) is 8.27. The molecule has 4 rings (SSSR count). The molecular weight excluding hydrogens is 486 g/mol. The fourth-order valence-corrected chi connectivity index (χ4v) is 5.89. The lowest BCUT2D eigenvalue weighted by molar-refractivity contribution is -0.141. The molecule has 2 aromatic carbocycles. The number of rotatable bonds is 6. The number of carbonyl (C=O) groups is 3. The lowest BCUT2D eigenvalue weighted by Gasteiger charge is -2.45. The van der Waals surface area contributed by atoms with Gasteiger partial charge in [-0.05, 0) is 59.9 Å². The zero-order chi connectivity index (χ0) is 26.7. The summed E-state index contributed by atoms with van der Waals surface area (Å²) < 4.78 is 0. The summed E-state index contributed by atoms with van der Waals surface area (Å²) in [6.07, 6.45) is 1.46. The van der Waals surface area contributed by atoms with Crippen LogP contribution >= 0.6 is 11.6 Å². The highest BCUT2D eigenvalue weighted by atomic mass is 35.5. The van der Waals surface area contributed by atoms with Crippen molar-refractivity contribution < 1.29 is 14.4 Å². The van der Waals surface area contributed by atoms with Crippen molar-refractivity contribution in [3.05, 3.63) is 70.7 Å². The minimum absolute atomic E-state index is 0.0267. The van der Waals surface area contributed by atoms with E-state index >= 15 is 0 Å². The van der Waals surface area contributed by atoms with Crippen LogP contribution in [0.1, 0.15) is 62.4 Å². The second-order valence-corrected chi connectivity index (χ2v) is 11.9. The van der Waals surface area contributed by atoms with E-state index in [1.165, 1.54) is 5.56 Å². The molecule has 0 aliphatic carbocycles. The van der Waals surface area contributed by atoms with Crippen molar-refractivity contribution in [3.63, 3.8) is 0 Å². The average molecular weight is 524 g/mol. The molecule has 0 spiro atoms. The van der Waals surface area contributed by atoms with E-state index in [4.69, 9.17) is 11.6 Å². The number of halogens is 1. The van der Waals surface area contributed by atoms with Gasteiger partial charge in [-0.2, -0.15) is 0 Å². The van der Waals surface area contributed by atoms with E-state index in [-0.39, 0.29) is 35.0 Å². The number of hydrogen-bond acceptors (Lipinski definition) is 3. The lowest BCUT2D eigenvalue weighted by atomic mass is 9.70. The summed E-state index contributed by atoms with van der Waals surface area (Å²) in [6, 6.07) is 16.6. The first-order valence-electron chi connectivity index (χ1n) is 13.3. The van der Waals surface area contributed by atoms with Gasteiger partial charge in [0, 0.05) is 36.8 Å². The molecule has 0 unspecified atom stereocenters. The van der Waals surface area contributed by atoms with E-state index in [0.29, 0.717) is 44.1 Å². The molecule has 6 nitrogen and oxygen atoms in total. The zero-order valence-corrected chi connectivity index (χ0v) is 23.0. The second-order valence-electron chi connectivity index (χ2n) is 11.5. The first kappa shape index (κ1) is 27.2. The van der Waals surface area contributed by atoms with E-state index < -0.39 is 6.04 Å². The molecule has 2 aliphatic rings. The average Bonchev–Trinajstić information content (AvgIpc) is 3.37. The second kappa shape index (κ2) is 11.3. The number of benzene rings is 2. The fraction of sp³-hybridized carbons (Fsp3) is 0.500. The van der Waals surface area contributed by atoms with Crippen LogP contribution in [0.5, 0.6) is 0 Å². The molecule has 0 bridgehead atoms. The first-order valence-corrected chi connectivity index (χ1v) is 13.6. The molecule has 0 aromatic heterocycles. The minimum atomic E-state index is -0.589. The van der Waals surface area contributed by atoms with Crippen molar-refractivity contribution in [1.29, 1.82) is 0 Å². The van der Waals surface area contributed by atoms with Gasteiger partial charge in [-0.3, -0.25) is 14.4 Å². The van der Waals surface area contributed by atoms with Gasteiger partial charge in [-0.1, -0.05) is 69.6 Å². The Morgan fingerprint density at radius 3 is 2.22 bits per heavy atom. The quantitative estimate of drug-likeness (QED) is 0.580. The molecule has 3 amide bonds. The van der Waals surface area contributed by atoms with Gasteiger partial charge in [0.2, 0.25) is 11.8 Å². The monoisotopic (exact) mass is 523 g/mol. The third kappa shape index (κ3) is 6.18. The predicted molar refractivity (Wildman–Crippen MR) is 146 cm³/mol. The summed E-state index contributed by atoms with van der Waals surface area (Å²) in [4.78, 5) is 43.3. The van der Waals surface area contributed by atoms with E-state index in [1.807, 2.05) is 49.1 Å². The molecule has 2 aromatic rings. The number of carbonyl (C=O) groups excluding carboxylic acids is 3. The Morgan fingerprint density at radius 2 is 1.59 bits per heavy atom. The molecule has 198 valence electrons. The van der Waals surface area contributed by atoms with Crippen LogP contribution in [0.3, 0.4) is 0 Å². The van der Waals surface area contributed by atoms with E-state index in [2.05, 4.69) is 31.3 Å². The van der Waals surface area contributed by atoms with Gasteiger partial charge in [0.05, 0.1) is 5.92 Å². The number of likely N-dealkylation sites (tertiary alicyclic amines) is 2. The van der Waals surface area contributed by atoms with Gasteiger partial charge >= 0.3 is 0 Å². The SMILES string of the molecule is CC(C)[C@@H](NC(=O)[C@@H]1CCN(C(=O)c2ccccc2)C1)C(=O)N1CC[C@H](c2ccc(Cl)cc2)C(C)(C)C1. The van der Waals surface area contributed by atoms with Crippen LogP contribution in [-0.2, 0) is 9.59 Å². The standard InChI is InChI=1S/C30H38ClN3O3/c1-20(2)26(32-27(35)23-14-16-33(18-23)28(36)22-8-6-5-7-9-22)29(37)34-17-15-25(30(3,4)19-34)21-10-12-24(31)13-11-21/h5-13,20,23,25-26H,14-19H2,1-4H3,(H,32,35)/t23-,25-,26-/m1/s1. The minimum Gasteiger partial charge on any atom is -0.344 e. The smallest absolute Gasteiger partial charge is 0.253 e. The highest BCUT2D eigenvalue weighted by Gasteiger charge is 2.41. The summed E-state index contributed by atoms with van der Waals surface area (Å²) in [5, 5.41) is 3.77. The summed E-state index contributed by atoms with van der Waals surface area (Å²) in [6.45, 7) is 10.5. The van der Waals surface area contributed by atoms with Crippen molar-refractivity contribution in [2.75, 3.05) is 26.2 Å². The van der Waals surface area contributed by atoms with Gasteiger partial charge in [-0.15, -0.1) is 0 Å². The van der Waals surface area contributed by atoms with Crippen molar-refractivity contribution in [1.82, 2.24) is 15.1 Å². The van der Waals surface area contributed by atoms with Crippen LogP contribution in [0.25, 0.3) is 0 Å². The lowest BCUT2D eigenvalue weighted by Crippen LogP contribution is -2.56. The maximum absolute atomic E-state index is 13.7. The van der Waals surface area contributed by atoms with Crippen LogP contribution in [-0.4, -0.2) is 59.7 Å². The molecule has 1 N–H and O–H groups in total. The Morgan fingerprint density at radius 1 is 0.946 bits per heavy atom. The summed E-state index contributed by atoms with van der Waals surface area (Å²) in [5.74, 6) is -0.261. The number of nitrogens with one attached hydrogen (secondary N) is 1. The van der Waals surface area contributed by atoms with Crippen LogP contribution in [0.15, 0.2) is 54.6 Å². The highest BCUT2D eigenvalue weighted by Crippen LogP contribution is 2.42. The molecule has 3 atom stereocenters. The maximum Gasteiger partial charge on any atom is 0.253 e. The van der Waals surface area contributed by atoms with Crippen molar-refractivity contribution >= 4 is 29.3 Å². The maximum atomic E-state index is 13.7. The van der Waals surface area contributed by atoms with Gasteiger partial charge in [0.25, 0.3) is 5.91 Å². The number of hydrogen-bond donors (Lipinski definition) is 1. The highest BCUT2D eigenvalue weighted by molar-refractivity contribution is 6.30. The van der Waals surface area contributed by atoms with Crippen molar-refractivity contribution in [2.24, 2.45) is 17.3 Å². The molecule has 0 radical (unpaired) electrons.